The summed E-state index contributed by atoms with van der Waals surface area (Å²) in [5, 5.41) is 15.6. The van der Waals surface area contributed by atoms with Gasteiger partial charge in [-0.05, 0) is 36.3 Å². The number of rotatable bonds is 3. The topological polar surface area (TPSA) is 61.4 Å². The third-order valence-corrected chi connectivity index (χ3v) is 3.85. The minimum absolute atomic E-state index is 0.0317. The van der Waals surface area contributed by atoms with Gasteiger partial charge in [0.1, 0.15) is 0 Å². The van der Waals surface area contributed by atoms with E-state index in [1.807, 2.05) is 24.3 Å². The average molecular weight is 276 g/mol. The number of nitrogens with one attached hydrogen (secondary N) is 2. The highest BCUT2D eigenvalue weighted by Crippen LogP contribution is 2.31. The van der Waals surface area contributed by atoms with Gasteiger partial charge in [0, 0.05) is 12.2 Å². The van der Waals surface area contributed by atoms with E-state index in [1.54, 1.807) is 0 Å². The molecule has 0 saturated heterocycles. The van der Waals surface area contributed by atoms with Gasteiger partial charge in [0.25, 0.3) is 0 Å². The largest absolute Gasteiger partial charge is 0.388 e. The zero-order chi connectivity index (χ0) is 14.8. The van der Waals surface area contributed by atoms with Gasteiger partial charge >= 0.3 is 6.03 Å². The van der Waals surface area contributed by atoms with E-state index in [4.69, 9.17) is 0 Å². The molecule has 1 saturated carbocycles. The monoisotopic (exact) mass is 276 g/mol. The Hall–Kier alpha value is -1.55. The van der Waals surface area contributed by atoms with Gasteiger partial charge in [-0.15, -0.1) is 0 Å². The standard InChI is InChI=1S/C16H24N2O2/c1-15(2,3)12-7-4-5-8-13(12)18-14(19)17-11-16(20)9-6-10-16/h4-5,7-8,20H,6,9-11H2,1-3H3,(H2,17,18,19). The van der Waals surface area contributed by atoms with Crippen molar-refractivity contribution in [3.05, 3.63) is 29.8 Å². The van der Waals surface area contributed by atoms with Crippen molar-refractivity contribution in [3.8, 4) is 0 Å². The van der Waals surface area contributed by atoms with Gasteiger partial charge < -0.3 is 15.7 Å². The summed E-state index contributed by atoms with van der Waals surface area (Å²) in [7, 11) is 0. The first-order chi connectivity index (χ1) is 9.30. The maximum Gasteiger partial charge on any atom is 0.319 e. The minimum atomic E-state index is -0.694. The van der Waals surface area contributed by atoms with Gasteiger partial charge in [0.2, 0.25) is 0 Å². The highest BCUT2D eigenvalue weighted by Gasteiger charge is 2.34. The highest BCUT2D eigenvalue weighted by atomic mass is 16.3. The van der Waals surface area contributed by atoms with Crippen molar-refractivity contribution in [3.63, 3.8) is 0 Å². The third-order valence-electron chi connectivity index (χ3n) is 3.85. The van der Waals surface area contributed by atoms with E-state index in [0.717, 1.165) is 30.5 Å². The molecular weight excluding hydrogens is 252 g/mol. The van der Waals surface area contributed by atoms with Crippen LogP contribution in [0.4, 0.5) is 10.5 Å². The Morgan fingerprint density at radius 3 is 2.50 bits per heavy atom. The lowest BCUT2D eigenvalue weighted by Gasteiger charge is -2.36. The van der Waals surface area contributed by atoms with Gasteiger partial charge in [0.05, 0.1) is 5.60 Å². The van der Waals surface area contributed by atoms with Crippen LogP contribution < -0.4 is 10.6 Å². The number of carbonyl (C=O) groups excluding carboxylic acids is 1. The summed E-state index contributed by atoms with van der Waals surface area (Å²) in [5.74, 6) is 0. The van der Waals surface area contributed by atoms with Crippen LogP contribution in [0.25, 0.3) is 0 Å². The molecule has 0 aliphatic heterocycles. The van der Waals surface area contributed by atoms with Crippen LogP contribution in [0.15, 0.2) is 24.3 Å². The average Bonchev–Trinajstić information content (AvgIpc) is 2.33. The van der Waals surface area contributed by atoms with Crippen LogP contribution in [-0.2, 0) is 5.41 Å². The molecule has 0 aromatic heterocycles. The second-order valence-electron chi connectivity index (χ2n) is 6.68. The molecule has 2 amide bonds. The number of para-hydroxylation sites is 1. The number of hydrogen-bond donors (Lipinski definition) is 3. The molecule has 2 rings (SSSR count). The van der Waals surface area contributed by atoms with E-state index in [9.17, 15) is 9.90 Å². The second-order valence-corrected chi connectivity index (χ2v) is 6.68. The van der Waals surface area contributed by atoms with E-state index in [-0.39, 0.29) is 11.4 Å². The first-order valence-corrected chi connectivity index (χ1v) is 7.17. The lowest BCUT2D eigenvalue weighted by Crippen LogP contribution is -2.48. The zero-order valence-corrected chi connectivity index (χ0v) is 12.5. The summed E-state index contributed by atoms with van der Waals surface area (Å²) in [6.07, 6.45) is 2.57. The number of amides is 2. The van der Waals surface area contributed by atoms with Crippen molar-refractivity contribution in [2.45, 2.75) is 51.0 Å². The number of carbonyl (C=O) groups is 1. The summed E-state index contributed by atoms with van der Waals surface area (Å²) < 4.78 is 0. The molecule has 0 bridgehead atoms. The smallest absolute Gasteiger partial charge is 0.319 e. The SMILES string of the molecule is CC(C)(C)c1ccccc1NC(=O)NCC1(O)CCC1. The lowest BCUT2D eigenvalue weighted by atomic mass is 9.80. The molecule has 1 fully saturated rings. The Morgan fingerprint density at radius 2 is 1.95 bits per heavy atom. The fourth-order valence-corrected chi connectivity index (χ4v) is 2.42. The van der Waals surface area contributed by atoms with E-state index in [1.165, 1.54) is 0 Å². The molecule has 0 atom stereocenters. The van der Waals surface area contributed by atoms with Crippen LogP contribution >= 0.6 is 0 Å². The van der Waals surface area contributed by atoms with Gasteiger partial charge in [-0.2, -0.15) is 0 Å². The maximum absolute atomic E-state index is 11.9. The van der Waals surface area contributed by atoms with Crippen LogP contribution in [0.5, 0.6) is 0 Å². The molecule has 0 radical (unpaired) electrons. The van der Waals surface area contributed by atoms with Crippen molar-refractivity contribution in [1.82, 2.24) is 5.32 Å². The molecule has 1 aromatic rings. The predicted molar refractivity (Wildman–Crippen MR) is 81.0 cm³/mol. The van der Waals surface area contributed by atoms with Gasteiger partial charge in [-0.3, -0.25) is 0 Å². The van der Waals surface area contributed by atoms with Gasteiger partial charge in [-0.1, -0.05) is 39.0 Å². The van der Waals surface area contributed by atoms with Crippen LogP contribution in [0, 0.1) is 0 Å². The van der Waals surface area contributed by atoms with Crippen molar-refractivity contribution < 1.29 is 9.90 Å². The Morgan fingerprint density at radius 1 is 1.30 bits per heavy atom. The van der Waals surface area contributed by atoms with Gasteiger partial charge in [-0.25, -0.2) is 4.79 Å². The number of hydrogen-bond acceptors (Lipinski definition) is 2. The first kappa shape index (κ1) is 14.9. The molecule has 4 nitrogen and oxygen atoms in total. The number of anilines is 1. The fraction of sp³-hybridized carbons (Fsp3) is 0.562. The Labute approximate surface area is 120 Å². The molecule has 1 aromatic carbocycles. The molecule has 0 spiro atoms. The first-order valence-electron chi connectivity index (χ1n) is 7.17. The Balaban J connectivity index is 1.97. The van der Waals surface area contributed by atoms with E-state index < -0.39 is 5.60 Å². The lowest BCUT2D eigenvalue weighted by molar-refractivity contribution is -0.0287. The van der Waals surface area contributed by atoms with Crippen LogP contribution in [0.3, 0.4) is 0 Å². The van der Waals surface area contributed by atoms with Crippen LogP contribution in [0.2, 0.25) is 0 Å². The highest BCUT2D eigenvalue weighted by molar-refractivity contribution is 5.90. The summed E-state index contributed by atoms with van der Waals surface area (Å²) in [4.78, 5) is 11.9. The molecule has 110 valence electrons. The Kier molecular flexibility index (Phi) is 4.04. The minimum Gasteiger partial charge on any atom is -0.388 e. The number of aliphatic hydroxyl groups is 1. The van der Waals surface area contributed by atoms with Crippen molar-refractivity contribution in [2.24, 2.45) is 0 Å². The van der Waals surface area contributed by atoms with E-state index in [0.29, 0.717) is 6.54 Å². The van der Waals surface area contributed by atoms with Crippen molar-refractivity contribution in [1.29, 1.82) is 0 Å². The fourth-order valence-electron chi connectivity index (χ4n) is 2.42. The van der Waals surface area contributed by atoms with Crippen LogP contribution in [-0.4, -0.2) is 23.3 Å². The molecule has 4 heteroatoms. The van der Waals surface area contributed by atoms with Gasteiger partial charge in [0.15, 0.2) is 0 Å². The van der Waals surface area contributed by atoms with Crippen LogP contribution in [0.1, 0.15) is 45.6 Å². The zero-order valence-electron chi connectivity index (χ0n) is 12.5. The Bertz CT molecular complexity index is 487. The maximum atomic E-state index is 11.9. The molecular formula is C16H24N2O2. The second kappa shape index (κ2) is 5.44. The van der Waals surface area contributed by atoms with Crippen molar-refractivity contribution in [2.75, 3.05) is 11.9 Å². The molecule has 3 N–H and O–H groups in total. The van der Waals surface area contributed by atoms with Crippen molar-refractivity contribution >= 4 is 11.7 Å². The molecule has 0 heterocycles. The van der Waals surface area contributed by atoms with E-state index in [2.05, 4.69) is 31.4 Å². The summed E-state index contributed by atoms with van der Waals surface area (Å²) in [6.45, 7) is 6.66. The predicted octanol–water partition coefficient (Wildman–Crippen LogP) is 3.02. The normalized spacial score (nSPS) is 17.2. The van der Waals surface area contributed by atoms with E-state index >= 15 is 0 Å². The third kappa shape index (κ3) is 3.51. The molecule has 0 unspecified atom stereocenters. The molecule has 1 aliphatic rings. The summed E-state index contributed by atoms with van der Waals surface area (Å²) in [6, 6.07) is 7.54. The molecule has 1 aliphatic carbocycles. The number of urea groups is 1. The summed E-state index contributed by atoms with van der Waals surface area (Å²) in [5.41, 5.74) is 1.19. The molecule has 20 heavy (non-hydrogen) atoms. The quantitative estimate of drug-likeness (QED) is 0.794. The summed E-state index contributed by atoms with van der Waals surface area (Å²) >= 11 is 0. The number of benzene rings is 1.